The van der Waals surface area contributed by atoms with Gasteiger partial charge in [-0.2, -0.15) is 0 Å². The Hall–Kier alpha value is -0.610. The molecule has 2 rings (SSSR count). The minimum absolute atomic E-state index is 0.183. The summed E-state index contributed by atoms with van der Waals surface area (Å²) in [5, 5.41) is 9.04. The van der Waals surface area contributed by atoms with E-state index in [1.54, 1.807) is 0 Å². The van der Waals surface area contributed by atoms with Gasteiger partial charge in [0.05, 0.1) is 0 Å². The summed E-state index contributed by atoms with van der Waals surface area (Å²) in [6.07, 6.45) is 5.93. The second kappa shape index (κ2) is 6.71. The van der Waals surface area contributed by atoms with Crippen LogP contribution in [-0.4, -0.2) is 41.7 Å². The third-order valence-corrected chi connectivity index (χ3v) is 4.95. The van der Waals surface area contributed by atoms with E-state index < -0.39 is 0 Å². The maximum atomic E-state index is 12.6. The van der Waals surface area contributed by atoms with E-state index in [0.29, 0.717) is 17.7 Å². The molecule has 2 aliphatic rings. The fourth-order valence-electron chi connectivity index (χ4n) is 3.59. The van der Waals surface area contributed by atoms with Gasteiger partial charge in [-0.05, 0) is 50.4 Å². The Morgan fingerprint density at radius 1 is 1.37 bits per heavy atom. The number of rotatable bonds is 3. The lowest BCUT2D eigenvalue weighted by Crippen LogP contribution is -2.46. The number of amides is 1. The number of hydrogen-bond donors (Lipinski definition) is 2. The molecule has 3 N–H and O–H groups in total. The van der Waals surface area contributed by atoms with E-state index in [0.717, 1.165) is 51.6 Å². The van der Waals surface area contributed by atoms with Crippen LogP contribution in [0.2, 0.25) is 0 Å². The SMILES string of the molecule is CC1CC(C(=O)N2CCCC(CCO)C2)CCC1N. The van der Waals surface area contributed by atoms with E-state index in [-0.39, 0.29) is 18.6 Å². The summed E-state index contributed by atoms with van der Waals surface area (Å²) in [6, 6.07) is 0.271. The standard InChI is InChI=1S/C15H28N2O2/c1-11-9-13(4-5-14(11)16)15(19)17-7-2-3-12(10-17)6-8-18/h11-14,18H,2-10,16H2,1H3. The van der Waals surface area contributed by atoms with Crippen LogP contribution in [0.15, 0.2) is 0 Å². The monoisotopic (exact) mass is 268 g/mol. The summed E-state index contributed by atoms with van der Waals surface area (Å²) in [5.41, 5.74) is 6.03. The van der Waals surface area contributed by atoms with Crippen LogP contribution in [0.1, 0.15) is 45.4 Å². The Kier molecular flexibility index (Phi) is 5.22. The summed E-state index contributed by atoms with van der Waals surface area (Å²) in [4.78, 5) is 14.6. The molecule has 0 aromatic rings. The highest BCUT2D eigenvalue weighted by Crippen LogP contribution is 2.31. The molecule has 1 saturated carbocycles. The summed E-state index contributed by atoms with van der Waals surface area (Å²) in [6.45, 7) is 4.14. The Balaban J connectivity index is 1.88. The van der Waals surface area contributed by atoms with Crippen molar-refractivity contribution in [3.05, 3.63) is 0 Å². The van der Waals surface area contributed by atoms with Crippen LogP contribution < -0.4 is 5.73 Å². The summed E-state index contributed by atoms with van der Waals surface area (Å²) in [7, 11) is 0. The number of nitrogens with zero attached hydrogens (tertiary/aromatic N) is 1. The van der Waals surface area contributed by atoms with Crippen molar-refractivity contribution in [3.8, 4) is 0 Å². The van der Waals surface area contributed by atoms with E-state index in [4.69, 9.17) is 10.8 Å². The van der Waals surface area contributed by atoms with Crippen molar-refractivity contribution in [2.24, 2.45) is 23.5 Å². The van der Waals surface area contributed by atoms with Crippen LogP contribution in [0.3, 0.4) is 0 Å². The van der Waals surface area contributed by atoms with Gasteiger partial charge in [-0.15, -0.1) is 0 Å². The molecule has 0 spiro atoms. The third kappa shape index (κ3) is 3.69. The molecule has 1 aliphatic heterocycles. The largest absolute Gasteiger partial charge is 0.396 e. The van der Waals surface area contributed by atoms with Gasteiger partial charge in [-0.3, -0.25) is 4.79 Å². The molecule has 0 aromatic heterocycles. The van der Waals surface area contributed by atoms with Gasteiger partial charge in [-0.25, -0.2) is 0 Å². The molecule has 110 valence electrons. The Labute approximate surface area is 116 Å². The van der Waals surface area contributed by atoms with E-state index in [2.05, 4.69) is 6.92 Å². The second-order valence-corrected chi connectivity index (χ2v) is 6.46. The molecule has 19 heavy (non-hydrogen) atoms. The molecule has 0 radical (unpaired) electrons. The van der Waals surface area contributed by atoms with E-state index >= 15 is 0 Å². The zero-order valence-corrected chi connectivity index (χ0v) is 12.1. The van der Waals surface area contributed by atoms with Gasteiger partial charge in [0.2, 0.25) is 5.91 Å². The first-order valence-electron chi connectivity index (χ1n) is 7.77. The van der Waals surface area contributed by atoms with Crippen molar-refractivity contribution in [1.82, 2.24) is 4.90 Å². The minimum Gasteiger partial charge on any atom is -0.396 e. The lowest BCUT2D eigenvalue weighted by molar-refractivity contribution is -0.139. The Bertz CT molecular complexity index is 307. The zero-order chi connectivity index (χ0) is 13.8. The van der Waals surface area contributed by atoms with Gasteiger partial charge in [0.15, 0.2) is 0 Å². The maximum Gasteiger partial charge on any atom is 0.225 e. The first kappa shape index (κ1) is 14.8. The second-order valence-electron chi connectivity index (χ2n) is 6.46. The van der Waals surface area contributed by atoms with Crippen LogP contribution in [0.5, 0.6) is 0 Å². The van der Waals surface area contributed by atoms with Crippen LogP contribution in [0.25, 0.3) is 0 Å². The Morgan fingerprint density at radius 3 is 2.84 bits per heavy atom. The molecule has 1 amide bonds. The third-order valence-electron chi connectivity index (χ3n) is 4.95. The molecule has 1 heterocycles. The highest BCUT2D eigenvalue weighted by molar-refractivity contribution is 5.79. The van der Waals surface area contributed by atoms with Crippen molar-refractivity contribution in [1.29, 1.82) is 0 Å². The first-order chi connectivity index (χ1) is 9.11. The lowest BCUT2D eigenvalue weighted by Gasteiger charge is -2.38. The number of carbonyl (C=O) groups excluding carboxylic acids is 1. The average Bonchev–Trinajstić information content (AvgIpc) is 2.42. The number of carbonyl (C=O) groups is 1. The number of likely N-dealkylation sites (tertiary alicyclic amines) is 1. The Morgan fingerprint density at radius 2 is 2.16 bits per heavy atom. The van der Waals surface area contributed by atoms with Crippen molar-refractivity contribution in [3.63, 3.8) is 0 Å². The predicted molar refractivity (Wildman–Crippen MR) is 75.5 cm³/mol. The van der Waals surface area contributed by atoms with Crippen LogP contribution in [-0.2, 0) is 4.79 Å². The minimum atomic E-state index is 0.183. The highest BCUT2D eigenvalue weighted by atomic mass is 16.3. The first-order valence-corrected chi connectivity index (χ1v) is 7.77. The van der Waals surface area contributed by atoms with Gasteiger partial charge < -0.3 is 15.7 Å². The van der Waals surface area contributed by atoms with E-state index in [1.165, 1.54) is 0 Å². The molecule has 0 aromatic carbocycles. The van der Waals surface area contributed by atoms with Crippen LogP contribution in [0, 0.1) is 17.8 Å². The van der Waals surface area contributed by atoms with Gasteiger partial charge in [-0.1, -0.05) is 6.92 Å². The average molecular weight is 268 g/mol. The number of hydrogen-bond acceptors (Lipinski definition) is 3. The van der Waals surface area contributed by atoms with Crippen LogP contribution in [0.4, 0.5) is 0 Å². The molecule has 2 fully saturated rings. The summed E-state index contributed by atoms with van der Waals surface area (Å²) in [5.74, 6) is 1.47. The number of piperidine rings is 1. The molecule has 4 atom stereocenters. The molecule has 1 aliphatic carbocycles. The number of aliphatic hydroxyl groups excluding tert-OH is 1. The lowest BCUT2D eigenvalue weighted by atomic mass is 9.78. The van der Waals surface area contributed by atoms with E-state index in [9.17, 15) is 4.79 Å². The van der Waals surface area contributed by atoms with Crippen molar-refractivity contribution in [2.45, 2.75) is 51.5 Å². The quantitative estimate of drug-likeness (QED) is 0.812. The fraction of sp³-hybridized carbons (Fsp3) is 0.933. The number of aliphatic hydroxyl groups is 1. The molecule has 0 bridgehead atoms. The highest BCUT2D eigenvalue weighted by Gasteiger charge is 2.33. The van der Waals surface area contributed by atoms with Crippen molar-refractivity contribution >= 4 is 5.91 Å². The zero-order valence-electron chi connectivity index (χ0n) is 12.1. The van der Waals surface area contributed by atoms with Gasteiger partial charge in [0, 0.05) is 31.7 Å². The molecular weight excluding hydrogens is 240 g/mol. The molecular formula is C15H28N2O2. The van der Waals surface area contributed by atoms with E-state index in [1.807, 2.05) is 4.90 Å². The molecule has 4 heteroatoms. The molecule has 1 saturated heterocycles. The van der Waals surface area contributed by atoms with Gasteiger partial charge in [0.25, 0.3) is 0 Å². The topological polar surface area (TPSA) is 66.6 Å². The smallest absolute Gasteiger partial charge is 0.225 e. The summed E-state index contributed by atoms with van der Waals surface area (Å²) < 4.78 is 0. The van der Waals surface area contributed by atoms with Crippen molar-refractivity contribution < 1.29 is 9.90 Å². The van der Waals surface area contributed by atoms with Gasteiger partial charge >= 0.3 is 0 Å². The van der Waals surface area contributed by atoms with Gasteiger partial charge in [0.1, 0.15) is 0 Å². The van der Waals surface area contributed by atoms with Crippen LogP contribution >= 0.6 is 0 Å². The van der Waals surface area contributed by atoms with Crippen molar-refractivity contribution in [2.75, 3.05) is 19.7 Å². The fourth-order valence-corrected chi connectivity index (χ4v) is 3.59. The molecule has 4 unspecified atom stereocenters. The molecule has 4 nitrogen and oxygen atoms in total. The number of nitrogens with two attached hydrogens (primary N) is 1. The summed E-state index contributed by atoms with van der Waals surface area (Å²) >= 11 is 0. The predicted octanol–water partition coefficient (Wildman–Crippen LogP) is 1.37. The normalized spacial score (nSPS) is 36.3. The maximum absolute atomic E-state index is 12.6.